The van der Waals surface area contributed by atoms with Crippen LogP contribution in [-0.4, -0.2) is 19.6 Å². The number of unbranched alkanes of at least 4 members (excludes halogenated alkanes) is 1. The topological polar surface area (TPSA) is 66.4 Å². The highest BCUT2D eigenvalue weighted by Crippen LogP contribution is 2.24. The summed E-state index contributed by atoms with van der Waals surface area (Å²) in [6, 6.07) is 2.87. The Hall–Kier alpha value is -0.620. The van der Waals surface area contributed by atoms with Crippen molar-refractivity contribution >= 4 is 21.6 Å². The number of rotatable bonds is 7. The zero-order valence-corrected chi connectivity index (χ0v) is 13.7. The lowest BCUT2D eigenvalue weighted by Gasteiger charge is -2.16. The number of nitrogens with one attached hydrogen (secondary N) is 1. The Morgan fingerprint density at radius 2 is 2.05 bits per heavy atom. The van der Waals surface area contributed by atoms with Crippen LogP contribution in [0.25, 0.3) is 0 Å². The van der Waals surface area contributed by atoms with Crippen LogP contribution in [0.3, 0.4) is 0 Å². The predicted octanol–water partition coefficient (Wildman–Crippen LogP) is 3.00. The maximum atomic E-state index is 12.4. The summed E-state index contributed by atoms with van der Waals surface area (Å²) < 4.78 is 27.4. The van der Waals surface area contributed by atoms with Crippen LogP contribution in [0.4, 0.5) is 0 Å². The summed E-state index contributed by atoms with van der Waals surface area (Å²) in [4.78, 5) is 0.136. The smallest absolute Gasteiger partial charge is 0.241 e. The van der Waals surface area contributed by atoms with Crippen LogP contribution in [0.2, 0.25) is 5.02 Å². The summed E-state index contributed by atoms with van der Waals surface area (Å²) in [7, 11) is -3.62. The van der Waals surface area contributed by atoms with Crippen molar-refractivity contribution in [2.45, 2.75) is 57.6 Å². The Labute approximate surface area is 126 Å². The summed E-state index contributed by atoms with van der Waals surface area (Å²) in [5.74, 6) is 0. The Morgan fingerprint density at radius 1 is 1.40 bits per heavy atom. The third kappa shape index (κ3) is 4.45. The van der Waals surface area contributed by atoms with Crippen molar-refractivity contribution in [3.8, 4) is 0 Å². The predicted molar refractivity (Wildman–Crippen MR) is 81.4 cm³/mol. The number of aliphatic hydroxyl groups is 1. The molecule has 2 N–H and O–H groups in total. The van der Waals surface area contributed by atoms with Crippen LogP contribution >= 0.6 is 11.6 Å². The minimum atomic E-state index is -3.62. The summed E-state index contributed by atoms with van der Waals surface area (Å²) in [5, 5.41) is 9.56. The van der Waals surface area contributed by atoms with Crippen molar-refractivity contribution in [1.29, 1.82) is 0 Å². The molecule has 0 saturated heterocycles. The third-order valence-electron chi connectivity index (χ3n) is 3.24. The molecule has 20 heavy (non-hydrogen) atoms. The molecule has 0 radical (unpaired) electrons. The standard InChI is InChI=1S/C14H22ClNO3S/c1-4-5-6-10(2)16-20(18,19)14-8-13(15)7-12(9-17)11(14)3/h7-8,10,16-17H,4-6,9H2,1-3H3. The molecule has 0 bridgehead atoms. The highest BCUT2D eigenvalue weighted by atomic mass is 35.5. The molecule has 4 nitrogen and oxygen atoms in total. The van der Waals surface area contributed by atoms with Gasteiger partial charge in [-0.2, -0.15) is 0 Å². The van der Waals surface area contributed by atoms with E-state index in [1.807, 2.05) is 6.92 Å². The lowest BCUT2D eigenvalue weighted by molar-refractivity contribution is 0.280. The summed E-state index contributed by atoms with van der Waals surface area (Å²) >= 11 is 5.92. The van der Waals surface area contributed by atoms with E-state index in [2.05, 4.69) is 11.6 Å². The van der Waals surface area contributed by atoms with Gasteiger partial charge in [0.05, 0.1) is 11.5 Å². The van der Waals surface area contributed by atoms with Crippen molar-refractivity contribution < 1.29 is 13.5 Å². The van der Waals surface area contributed by atoms with E-state index in [1.54, 1.807) is 13.0 Å². The first-order valence-electron chi connectivity index (χ1n) is 6.74. The second kappa shape index (κ2) is 7.41. The quantitative estimate of drug-likeness (QED) is 0.812. The highest BCUT2D eigenvalue weighted by Gasteiger charge is 2.21. The second-order valence-electron chi connectivity index (χ2n) is 5.01. The molecule has 0 fully saturated rings. The normalized spacial score (nSPS) is 13.4. The first kappa shape index (κ1) is 17.4. The molecule has 0 aliphatic rings. The first-order valence-corrected chi connectivity index (χ1v) is 8.60. The van der Waals surface area contributed by atoms with Gasteiger partial charge in [0.1, 0.15) is 0 Å². The number of benzene rings is 1. The number of hydrogen-bond donors (Lipinski definition) is 2. The van der Waals surface area contributed by atoms with E-state index in [4.69, 9.17) is 11.6 Å². The van der Waals surface area contributed by atoms with Gasteiger partial charge in [0.2, 0.25) is 10.0 Å². The zero-order valence-electron chi connectivity index (χ0n) is 12.1. The fourth-order valence-electron chi connectivity index (χ4n) is 2.05. The average molecular weight is 320 g/mol. The molecular weight excluding hydrogens is 298 g/mol. The highest BCUT2D eigenvalue weighted by molar-refractivity contribution is 7.89. The monoisotopic (exact) mass is 319 g/mol. The Bertz CT molecular complexity index is 558. The van der Waals surface area contributed by atoms with Gasteiger partial charge >= 0.3 is 0 Å². The Balaban J connectivity index is 3.06. The van der Waals surface area contributed by atoms with Crippen molar-refractivity contribution in [2.24, 2.45) is 0 Å². The van der Waals surface area contributed by atoms with Gasteiger partial charge in [0, 0.05) is 11.1 Å². The van der Waals surface area contributed by atoms with E-state index in [1.165, 1.54) is 6.07 Å². The van der Waals surface area contributed by atoms with Crippen LogP contribution in [0, 0.1) is 6.92 Å². The number of aliphatic hydroxyl groups excluding tert-OH is 1. The Kier molecular flexibility index (Phi) is 6.45. The van der Waals surface area contributed by atoms with E-state index in [0.29, 0.717) is 16.1 Å². The molecule has 0 amide bonds. The van der Waals surface area contributed by atoms with Crippen molar-refractivity contribution in [3.05, 3.63) is 28.3 Å². The Morgan fingerprint density at radius 3 is 2.60 bits per heavy atom. The molecule has 1 aromatic carbocycles. The molecule has 0 aromatic heterocycles. The van der Waals surface area contributed by atoms with Gasteiger partial charge in [-0.1, -0.05) is 31.4 Å². The molecule has 0 spiro atoms. The first-order chi connectivity index (χ1) is 9.31. The largest absolute Gasteiger partial charge is 0.392 e. The molecule has 0 heterocycles. The summed E-state index contributed by atoms with van der Waals surface area (Å²) in [5.41, 5.74) is 1.06. The van der Waals surface area contributed by atoms with E-state index >= 15 is 0 Å². The fourth-order valence-corrected chi connectivity index (χ4v) is 3.95. The van der Waals surface area contributed by atoms with E-state index in [9.17, 15) is 13.5 Å². The molecule has 0 saturated carbocycles. The van der Waals surface area contributed by atoms with E-state index in [0.717, 1.165) is 19.3 Å². The fraction of sp³-hybridized carbons (Fsp3) is 0.571. The minimum absolute atomic E-state index is 0.129. The summed E-state index contributed by atoms with van der Waals surface area (Å²) in [6.45, 7) is 5.35. The molecular formula is C14H22ClNO3S. The molecule has 1 aromatic rings. The van der Waals surface area contributed by atoms with Crippen LogP contribution in [0.1, 0.15) is 44.2 Å². The third-order valence-corrected chi connectivity index (χ3v) is 5.17. The summed E-state index contributed by atoms with van der Waals surface area (Å²) in [6.07, 6.45) is 2.79. The van der Waals surface area contributed by atoms with E-state index in [-0.39, 0.29) is 17.5 Å². The van der Waals surface area contributed by atoms with Crippen LogP contribution in [0.5, 0.6) is 0 Å². The molecule has 0 aliphatic heterocycles. The minimum Gasteiger partial charge on any atom is -0.392 e. The number of hydrogen-bond acceptors (Lipinski definition) is 3. The van der Waals surface area contributed by atoms with Gasteiger partial charge in [-0.05, 0) is 43.5 Å². The lowest BCUT2D eigenvalue weighted by Crippen LogP contribution is -2.33. The molecule has 1 unspecified atom stereocenters. The van der Waals surface area contributed by atoms with Gasteiger partial charge in [-0.25, -0.2) is 13.1 Å². The van der Waals surface area contributed by atoms with Gasteiger partial charge in [0.25, 0.3) is 0 Å². The van der Waals surface area contributed by atoms with Gasteiger partial charge in [0.15, 0.2) is 0 Å². The second-order valence-corrected chi connectivity index (χ2v) is 7.13. The van der Waals surface area contributed by atoms with Crippen molar-refractivity contribution in [2.75, 3.05) is 0 Å². The maximum absolute atomic E-state index is 12.4. The van der Waals surface area contributed by atoms with E-state index < -0.39 is 10.0 Å². The zero-order chi connectivity index (χ0) is 15.3. The lowest BCUT2D eigenvalue weighted by atomic mass is 10.1. The van der Waals surface area contributed by atoms with Crippen LogP contribution in [-0.2, 0) is 16.6 Å². The molecule has 6 heteroatoms. The SMILES string of the molecule is CCCCC(C)NS(=O)(=O)c1cc(Cl)cc(CO)c1C. The average Bonchev–Trinajstić information content (AvgIpc) is 2.37. The van der Waals surface area contributed by atoms with Gasteiger partial charge in [-0.3, -0.25) is 0 Å². The van der Waals surface area contributed by atoms with Crippen molar-refractivity contribution in [3.63, 3.8) is 0 Å². The molecule has 1 atom stereocenters. The van der Waals surface area contributed by atoms with Gasteiger partial charge in [-0.15, -0.1) is 0 Å². The number of sulfonamides is 1. The van der Waals surface area contributed by atoms with Crippen LogP contribution < -0.4 is 4.72 Å². The molecule has 114 valence electrons. The molecule has 0 aliphatic carbocycles. The van der Waals surface area contributed by atoms with Crippen LogP contribution in [0.15, 0.2) is 17.0 Å². The molecule has 1 rings (SSSR count). The number of halogens is 1. The van der Waals surface area contributed by atoms with Crippen molar-refractivity contribution in [1.82, 2.24) is 4.72 Å². The maximum Gasteiger partial charge on any atom is 0.241 e. The van der Waals surface area contributed by atoms with Gasteiger partial charge < -0.3 is 5.11 Å².